The lowest BCUT2D eigenvalue weighted by Gasteiger charge is -2.18. The fraction of sp³-hybridized carbons (Fsp3) is 0.172. The third kappa shape index (κ3) is 5.25. The summed E-state index contributed by atoms with van der Waals surface area (Å²) in [4.78, 5) is 30.2. The van der Waals surface area contributed by atoms with Crippen molar-refractivity contribution in [1.29, 1.82) is 0 Å². The molecular weight excluding hydrogens is 618 g/mol. The Bertz CT molecular complexity index is 1880. The zero-order chi connectivity index (χ0) is 29.3. The van der Waals surface area contributed by atoms with Gasteiger partial charge in [-0.05, 0) is 59.3 Å². The minimum absolute atomic E-state index is 0.134. The second-order valence-corrected chi connectivity index (χ2v) is 9.88. The van der Waals surface area contributed by atoms with Gasteiger partial charge in [-0.25, -0.2) is 9.78 Å². The van der Waals surface area contributed by atoms with Gasteiger partial charge in [0.25, 0.3) is 5.56 Å². The Kier molecular flexibility index (Phi) is 8.00. The van der Waals surface area contributed by atoms with Crippen LogP contribution in [0, 0.1) is 0 Å². The molecule has 12 heteroatoms. The number of nitrogens with zero attached hydrogens (tertiary/aromatic N) is 3. The number of para-hydroxylation sites is 1. The van der Waals surface area contributed by atoms with E-state index in [1.54, 1.807) is 49.6 Å². The lowest BCUT2D eigenvalue weighted by atomic mass is 10.2. The first-order valence-electron chi connectivity index (χ1n) is 12.2. The van der Waals surface area contributed by atoms with Gasteiger partial charge in [-0.2, -0.15) is 9.78 Å². The van der Waals surface area contributed by atoms with Gasteiger partial charge in [-0.1, -0.05) is 29.8 Å². The molecule has 2 aromatic heterocycles. The fourth-order valence-corrected chi connectivity index (χ4v) is 4.83. The number of aromatic nitrogens is 2. The van der Waals surface area contributed by atoms with Gasteiger partial charge in [0, 0.05) is 10.0 Å². The summed E-state index contributed by atoms with van der Waals surface area (Å²) in [6.45, 7) is 1.53. The van der Waals surface area contributed by atoms with Crippen molar-refractivity contribution < 1.29 is 28.2 Å². The number of benzene rings is 3. The first-order valence-corrected chi connectivity index (χ1v) is 13.4. The molecule has 1 atom stereocenters. The molecule has 0 unspecified atom stereocenters. The predicted octanol–water partition coefficient (Wildman–Crippen LogP) is 6.07. The van der Waals surface area contributed by atoms with Gasteiger partial charge in [0.05, 0.1) is 43.8 Å². The fourth-order valence-electron chi connectivity index (χ4n) is 4.18. The van der Waals surface area contributed by atoms with Crippen LogP contribution < -0.4 is 19.8 Å². The van der Waals surface area contributed by atoms with Crippen LogP contribution in [0.25, 0.3) is 33.5 Å². The second-order valence-electron chi connectivity index (χ2n) is 8.71. The third-order valence-electron chi connectivity index (χ3n) is 6.23. The lowest BCUT2D eigenvalue weighted by Crippen LogP contribution is -2.25. The van der Waals surface area contributed by atoms with Crippen LogP contribution in [0.15, 0.2) is 73.4 Å². The first kappa shape index (κ1) is 28.2. The summed E-state index contributed by atoms with van der Waals surface area (Å²) in [5.41, 5.74) is 1.10. The van der Waals surface area contributed by atoms with E-state index in [1.807, 2.05) is 12.1 Å². The van der Waals surface area contributed by atoms with Crippen LogP contribution in [0.5, 0.6) is 17.2 Å². The molecule has 0 amide bonds. The number of carbonyl (C=O) groups excluding carboxylic acids is 1. The number of carbonyl (C=O) groups is 1. The molecular formula is C29H23BrClN3O7. The van der Waals surface area contributed by atoms with E-state index in [0.29, 0.717) is 38.0 Å². The molecule has 0 fully saturated rings. The summed E-state index contributed by atoms with van der Waals surface area (Å²) in [6.07, 6.45) is 0.487. The van der Waals surface area contributed by atoms with Crippen molar-refractivity contribution in [2.45, 2.75) is 13.0 Å². The van der Waals surface area contributed by atoms with E-state index >= 15 is 0 Å². The molecule has 3 aromatic carbocycles. The Labute approximate surface area is 247 Å². The minimum atomic E-state index is -0.940. The smallest absolute Gasteiger partial charge is 0.346 e. The van der Waals surface area contributed by atoms with Crippen LogP contribution in [0.1, 0.15) is 12.5 Å². The monoisotopic (exact) mass is 639 g/mol. The maximum atomic E-state index is 13.6. The molecule has 0 aliphatic carbocycles. The Hall–Kier alpha value is -4.35. The van der Waals surface area contributed by atoms with E-state index in [2.05, 4.69) is 21.0 Å². The minimum Gasteiger partial charge on any atom is -0.496 e. The molecule has 0 bridgehead atoms. The van der Waals surface area contributed by atoms with Crippen molar-refractivity contribution in [1.82, 2.24) is 9.66 Å². The number of halogens is 2. The number of hydrogen-bond donors (Lipinski definition) is 0. The largest absolute Gasteiger partial charge is 0.496 e. The van der Waals surface area contributed by atoms with Crippen LogP contribution in [-0.2, 0) is 9.53 Å². The highest BCUT2D eigenvalue weighted by Gasteiger charge is 2.23. The highest BCUT2D eigenvalue weighted by molar-refractivity contribution is 9.10. The van der Waals surface area contributed by atoms with Crippen LogP contribution >= 0.6 is 27.5 Å². The zero-order valence-corrected chi connectivity index (χ0v) is 24.6. The number of hydrogen-bond acceptors (Lipinski definition) is 9. The number of fused-ring (bicyclic) bond motifs is 2. The van der Waals surface area contributed by atoms with E-state index in [4.69, 9.17) is 39.9 Å². The van der Waals surface area contributed by atoms with E-state index in [-0.39, 0.29) is 22.3 Å². The Morgan fingerprint density at radius 2 is 1.83 bits per heavy atom. The number of methoxy groups -OCH3 is 3. The average Bonchev–Trinajstić information content (AvgIpc) is 3.43. The van der Waals surface area contributed by atoms with Crippen LogP contribution in [0.2, 0.25) is 5.02 Å². The van der Waals surface area contributed by atoms with Crippen molar-refractivity contribution in [3.8, 4) is 28.8 Å². The Morgan fingerprint density at radius 3 is 2.56 bits per heavy atom. The molecule has 0 spiro atoms. The zero-order valence-electron chi connectivity index (χ0n) is 22.3. The van der Waals surface area contributed by atoms with Gasteiger partial charge in [0.15, 0.2) is 23.4 Å². The van der Waals surface area contributed by atoms with E-state index in [1.165, 1.54) is 27.4 Å². The van der Waals surface area contributed by atoms with Gasteiger partial charge in [0.2, 0.25) is 5.82 Å². The third-order valence-corrected chi connectivity index (χ3v) is 7.67. The van der Waals surface area contributed by atoms with Crippen molar-refractivity contribution >= 4 is 61.6 Å². The van der Waals surface area contributed by atoms with Crippen molar-refractivity contribution in [2.75, 3.05) is 21.3 Å². The summed E-state index contributed by atoms with van der Waals surface area (Å²) in [5.74, 6) is 0.916. The van der Waals surface area contributed by atoms with Gasteiger partial charge in [-0.15, -0.1) is 0 Å². The van der Waals surface area contributed by atoms with Gasteiger partial charge < -0.3 is 23.4 Å². The van der Waals surface area contributed by atoms with E-state index < -0.39 is 17.6 Å². The van der Waals surface area contributed by atoms with Crippen LogP contribution in [0.4, 0.5) is 0 Å². The number of rotatable bonds is 8. The average molecular weight is 641 g/mol. The molecule has 5 aromatic rings. The molecule has 0 aliphatic rings. The predicted molar refractivity (Wildman–Crippen MR) is 159 cm³/mol. The summed E-state index contributed by atoms with van der Waals surface area (Å²) < 4.78 is 29.0. The second kappa shape index (κ2) is 11.6. The standard InChI is InChI=1S/C29H23BrClN3O7/c1-15(29(36)39-4)40-26-22(38-3)12-16(24(30)25(26)31)14-32-34-27(33-19-9-6-5-8-17(19)28(34)35)23-13-18-20(37-2)10-7-11-21(18)41-23/h5-15H,1-4H3/t15-/m0/s1. The van der Waals surface area contributed by atoms with E-state index in [9.17, 15) is 9.59 Å². The van der Waals surface area contributed by atoms with Gasteiger partial charge >= 0.3 is 5.97 Å². The molecule has 10 nitrogen and oxygen atoms in total. The van der Waals surface area contributed by atoms with Crippen molar-refractivity contribution in [3.05, 3.63) is 80.0 Å². The summed E-state index contributed by atoms with van der Waals surface area (Å²) in [5, 5.41) is 5.72. The topological polar surface area (TPSA) is 114 Å². The summed E-state index contributed by atoms with van der Waals surface area (Å²) >= 11 is 10.1. The molecule has 0 saturated heterocycles. The maximum absolute atomic E-state index is 13.6. The van der Waals surface area contributed by atoms with Crippen LogP contribution in [0.3, 0.4) is 0 Å². The SMILES string of the molecule is COC(=O)[C@H](C)Oc1c(OC)cc(C=Nn2c(-c3cc4c(OC)cccc4o3)nc3ccccc3c2=O)c(Br)c1Cl. The molecule has 0 saturated carbocycles. The van der Waals surface area contributed by atoms with Crippen molar-refractivity contribution in [2.24, 2.45) is 5.10 Å². The molecule has 0 N–H and O–H groups in total. The molecule has 210 valence electrons. The molecule has 41 heavy (non-hydrogen) atoms. The normalized spacial score (nSPS) is 12.1. The Balaban J connectivity index is 1.65. The summed E-state index contributed by atoms with van der Waals surface area (Å²) in [7, 11) is 4.26. The highest BCUT2D eigenvalue weighted by atomic mass is 79.9. The van der Waals surface area contributed by atoms with Crippen LogP contribution in [-0.4, -0.2) is 49.3 Å². The highest BCUT2D eigenvalue weighted by Crippen LogP contribution is 2.42. The Morgan fingerprint density at radius 1 is 1.07 bits per heavy atom. The quantitative estimate of drug-likeness (QED) is 0.148. The van der Waals surface area contributed by atoms with Crippen molar-refractivity contribution in [3.63, 3.8) is 0 Å². The van der Waals surface area contributed by atoms with E-state index in [0.717, 1.165) is 10.1 Å². The number of esters is 1. The van der Waals surface area contributed by atoms with Gasteiger partial charge in [-0.3, -0.25) is 4.79 Å². The molecule has 5 rings (SSSR count). The molecule has 0 aliphatic heterocycles. The number of ether oxygens (including phenoxy) is 4. The first-order chi connectivity index (χ1) is 19.8. The number of furan rings is 1. The maximum Gasteiger partial charge on any atom is 0.346 e. The molecule has 2 heterocycles. The van der Waals surface area contributed by atoms with Gasteiger partial charge in [0.1, 0.15) is 16.4 Å². The lowest BCUT2D eigenvalue weighted by molar-refractivity contribution is -0.147. The molecule has 0 radical (unpaired) electrons. The summed E-state index contributed by atoms with van der Waals surface area (Å²) in [6, 6.07) is 15.7.